The first-order valence-corrected chi connectivity index (χ1v) is 7.32. The Morgan fingerprint density at radius 2 is 2.30 bits per heavy atom. The Labute approximate surface area is 121 Å². The number of hydrogen-bond donors (Lipinski definition) is 2. The molecule has 20 heavy (non-hydrogen) atoms. The van der Waals surface area contributed by atoms with Gasteiger partial charge in [-0.15, -0.1) is 0 Å². The van der Waals surface area contributed by atoms with Crippen LogP contribution in [0.25, 0.3) is 0 Å². The summed E-state index contributed by atoms with van der Waals surface area (Å²) in [4.78, 5) is 13.7. The number of nitrogens with two attached hydrogens (primary N) is 1. The zero-order valence-corrected chi connectivity index (χ0v) is 12.6. The Balaban J connectivity index is 2.05. The molecule has 1 heterocycles. The number of aryl methyl sites for hydroxylation is 1. The van der Waals surface area contributed by atoms with Crippen molar-refractivity contribution >= 4 is 5.91 Å². The molecule has 0 bridgehead atoms. The van der Waals surface area contributed by atoms with Crippen LogP contribution in [0.15, 0.2) is 12.4 Å². The van der Waals surface area contributed by atoms with Crippen LogP contribution in [0.3, 0.4) is 0 Å². The lowest BCUT2D eigenvalue weighted by Gasteiger charge is -2.14. The highest BCUT2D eigenvalue weighted by molar-refractivity contribution is 5.77. The van der Waals surface area contributed by atoms with Crippen molar-refractivity contribution in [3.05, 3.63) is 18.0 Å². The van der Waals surface area contributed by atoms with Crippen molar-refractivity contribution in [3.63, 3.8) is 0 Å². The number of nitrogens with zero attached hydrogens (tertiary/aromatic N) is 3. The number of likely N-dealkylation sites (N-methyl/N-ethyl adjacent to an activating group) is 1. The smallest absolute Gasteiger partial charge is 0.234 e. The third-order valence-electron chi connectivity index (χ3n) is 3.08. The molecule has 6 heteroatoms. The highest BCUT2D eigenvalue weighted by atomic mass is 16.2. The molecule has 0 aromatic carbocycles. The Bertz CT molecular complexity index is 391. The third-order valence-corrected chi connectivity index (χ3v) is 3.08. The fraction of sp³-hybridized carbons (Fsp3) is 0.714. The summed E-state index contributed by atoms with van der Waals surface area (Å²) in [6.07, 6.45) is 6.79. The second-order valence-corrected chi connectivity index (χ2v) is 5.11. The molecule has 114 valence electrons. The number of amides is 1. The predicted molar refractivity (Wildman–Crippen MR) is 80.2 cm³/mol. The topological polar surface area (TPSA) is 76.2 Å². The van der Waals surface area contributed by atoms with Crippen molar-refractivity contribution in [2.24, 2.45) is 5.73 Å². The van der Waals surface area contributed by atoms with Crippen LogP contribution in [0, 0.1) is 0 Å². The van der Waals surface area contributed by atoms with Crippen LogP contribution < -0.4 is 11.1 Å². The Morgan fingerprint density at radius 1 is 1.50 bits per heavy atom. The normalized spacial score (nSPS) is 11.0. The molecule has 0 fully saturated rings. The average Bonchev–Trinajstić information content (AvgIpc) is 2.86. The molecular formula is C14H27N5O. The summed E-state index contributed by atoms with van der Waals surface area (Å²) in [6.45, 7) is 5.67. The first-order chi connectivity index (χ1) is 9.65. The van der Waals surface area contributed by atoms with Crippen LogP contribution in [-0.4, -0.2) is 47.3 Å². The number of unbranched alkanes of at least 4 members (excludes halogenated alkanes) is 1. The molecule has 0 radical (unpaired) electrons. The molecule has 0 spiro atoms. The van der Waals surface area contributed by atoms with Gasteiger partial charge in [-0.1, -0.05) is 6.92 Å². The van der Waals surface area contributed by atoms with E-state index in [1.807, 2.05) is 22.8 Å². The van der Waals surface area contributed by atoms with Crippen molar-refractivity contribution in [3.8, 4) is 0 Å². The van der Waals surface area contributed by atoms with E-state index in [1.54, 1.807) is 6.20 Å². The van der Waals surface area contributed by atoms with E-state index in [0.29, 0.717) is 13.1 Å². The van der Waals surface area contributed by atoms with Gasteiger partial charge in [0.1, 0.15) is 0 Å². The molecule has 6 nitrogen and oxygen atoms in total. The van der Waals surface area contributed by atoms with E-state index in [1.165, 1.54) is 0 Å². The summed E-state index contributed by atoms with van der Waals surface area (Å²) in [5.41, 5.74) is 6.58. The van der Waals surface area contributed by atoms with Crippen molar-refractivity contribution in [2.45, 2.75) is 39.3 Å². The van der Waals surface area contributed by atoms with Gasteiger partial charge < -0.3 is 11.1 Å². The first-order valence-electron chi connectivity index (χ1n) is 7.32. The molecule has 1 aromatic heterocycles. The van der Waals surface area contributed by atoms with E-state index in [-0.39, 0.29) is 5.91 Å². The van der Waals surface area contributed by atoms with Crippen molar-refractivity contribution in [2.75, 3.05) is 26.7 Å². The third kappa shape index (κ3) is 6.68. The molecule has 0 atom stereocenters. The number of carbonyl (C=O) groups is 1. The van der Waals surface area contributed by atoms with Gasteiger partial charge >= 0.3 is 0 Å². The van der Waals surface area contributed by atoms with Gasteiger partial charge in [0.25, 0.3) is 0 Å². The Kier molecular flexibility index (Phi) is 7.91. The maximum absolute atomic E-state index is 11.6. The van der Waals surface area contributed by atoms with Gasteiger partial charge in [-0.2, -0.15) is 5.10 Å². The van der Waals surface area contributed by atoms with Crippen LogP contribution in [0.1, 0.15) is 31.7 Å². The molecule has 1 rings (SSSR count). The van der Waals surface area contributed by atoms with E-state index < -0.39 is 0 Å². The molecule has 0 aliphatic carbocycles. The highest BCUT2D eigenvalue weighted by Crippen LogP contribution is 1.98. The molecule has 0 unspecified atom stereocenters. The minimum Gasteiger partial charge on any atom is -0.355 e. The quantitative estimate of drug-likeness (QED) is 0.615. The SMILES string of the molecule is CCCN(C)CC(=O)NCCCCn1cc(CN)cn1. The summed E-state index contributed by atoms with van der Waals surface area (Å²) >= 11 is 0. The van der Waals surface area contributed by atoms with Crippen LogP contribution in [0.5, 0.6) is 0 Å². The van der Waals surface area contributed by atoms with Crippen LogP contribution >= 0.6 is 0 Å². The Hall–Kier alpha value is -1.40. The van der Waals surface area contributed by atoms with Crippen LogP contribution in [-0.2, 0) is 17.9 Å². The van der Waals surface area contributed by atoms with Gasteiger partial charge in [-0.05, 0) is 32.9 Å². The van der Waals surface area contributed by atoms with E-state index in [4.69, 9.17) is 5.73 Å². The zero-order valence-electron chi connectivity index (χ0n) is 12.6. The summed E-state index contributed by atoms with van der Waals surface area (Å²) < 4.78 is 1.90. The first kappa shape index (κ1) is 16.7. The molecule has 0 aliphatic heterocycles. The minimum atomic E-state index is 0.102. The van der Waals surface area contributed by atoms with Gasteiger partial charge in [-0.3, -0.25) is 14.4 Å². The molecule has 1 aromatic rings. The number of rotatable bonds is 10. The van der Waals surface area contributed by atoms with Gasteiger partial charge in [0.15, 0.2) is 0 Å². The monoisotopic (exact) mass is 281 g/mol. The molecular weight excluding hydrogens is 254 g/mol. The maximum atomic E-state index is 11.6. The van der Waals surface area contributed by atoms with E-state index in [2.05, 4.69) is 17.3 Å². The van der Waals surface area contributed by atoms with E-state index in [9.17, 15) is 4.79 Å². The van der Waals surface area contributed by atoms with Crippen LogP contribution in [0.2, 0.25) is 0 Å². The Morgan fingerprint density at radius 3 is 2.95 bits per heavy atom. The number of carbonyl (C=O) groups excluding carboxylic acids is 1. The fourth-order valence-electron chi connectivity index (χ4n) is 2.02. The summed E-state index contributed by atoms with van der Waals surface area (Å²) in [5.74, 6) is 0.102. The zero-order chi connectivity index (χ0) is 14.8. The van der Waals surface area contributed by atoms with Crippen LogP contribution in [0.4, 0.5) is 0 Å². The summed E-state index contributed by atoms with van der Waals surface area (Å²) in [7, 11) is 1.97. The average molecular weight is 281 g/mol. The summed E-state index contributed by atoms with van der Waals surface area (Å²) in [5, 5.41) is 7.17. The van der Waals surface area contributed by atoms with Gasteiger partial charge in [-0.25, -0.2) is 0 Å². The van der Waals surface area contributed by atoms with E-state index >= 15 is 0 Å². The summed E-state index contributed by atoms with van der Waals surface area (Å²) in [6, 6.07) is 0. The molecule has 0 saturated heterocycles. The lowest BCUT2D eigenvalue weighted by Crippen LogP contribution is -2.35. The standard InChI is InChI=1S/C14H27N5O/c1-3-7-18(2)12-14(20)16-6-4-5-8-19-11-13(9-15)10-17-19/h10-11H,3-9,12,15H2,1-2H3,(H,16,20). The molecule has 0 saturated carbocycles. The second-order valence-electron chi connectivity index (χ2n) is 5.11. The van der Waals surface area contributed by atoms with Crippen molar-refractivity contribution in [1.82, 2.24) is 20.0 Å². The van der Waals surface area contributed by atoms with Gasteiger partial charge in [0.2, 0.25) is 5.91 Å². The fourth-order valence-corrected chi connectivity index (χ4v) is 2.02. The maximum Gasteiger partial charge on any atom is 0.234 e. The largest absolute Gasteiger partial charge is 0.355 e. The minimum absolute atomic E-state index is 0.102. The molecule has 1 amide bonds. The molecule has 3 N–H and O–H groups in total. The second kappa shape index (κ2) is 9.50. The van der Waals surface area contributed by atoms with Crippen molar-refractivity contribution in [1.29, 1.82) is 0 Å². The number of hydrogen-bond acceptors (Lipinski definition) is 4. The lowest BCUT2D eigenvalue weighted by atomic mass is 10.3. The van der Waals surface area contributed by atoms with E-state index in [0.717, 1.165) is 44.5 Å². The molecule has 0 aliphatic rings. The van der Waals surface area contributed by atoms with Crippen molar-refractivity contribution < 1.29 is 4.79 Å². The van der Waals surface area contributed by atoms with Gasteiger partial charge in [0, 0.05) is 31.4 Å². The van der Waals surface area contributed by atoms with Gasteiger partial charge in [0.05, 0.1) is 12.7 Å². The number of nitrogens with one attached hydrogen (secondary N) is 1. The predicted octanol–water partition coefficient (Wildman–Crippen LogP) is 0.580. The number of aromatic nitrogens is 2. The highest BCUT2D eigenvalue weighted by Gasteiger charge is 2.04. The lowest BCUT2D eigenvalue weighted by molar-refractivity contribution is -0.121.